The third-order valence-corrected chi connectivity index (χ3v) is 3.02. The van der Waals surface area contributed by atoms with Crippen molar-refractivity contribution in [3.63, 3.8) is 0 Å². The molecule has 1 rings (SSSR count). The van der Waals surface area contributed by atoms with Gasteiger partial charge in [-0.25, -0.2) is 0 Å². The normalized spacial score (nSPS) is 11.2. The quantitative estimate of drug-likeness (QED) is 0.813. The van der Waals surface area contributed by atoms with E-state index in [0.717, 1.165) is 0 Å². The summed E-state index contributed by atoms with van der Waals surface area (Å²) in [4.78, 5) is 8.13. The third kappa shape index (κ3) is 3.39. The van der Waals surface area contributed by atoms with Gasteiger partial charge in [-0.3, -0.25) is 4.98 Å². The predicted octanol–water partition coefficient (Wildman–Crippen LogP) is 2.13. The monoisotopic (exact) mass is 249 g/mol. The molecule has 0 aliphatic carbocycles. The van der Waals surface area contributed by atoms with E-state index in [4.69, 9.17) is 27.9 Å². The van der Waals surface area contributed by atoms with Crippen molar-refractivity contribution < 1.29 is 4.74 Å². The molecular weight excluding hydrogens is 237 g/mol. The van der Waals surface area contributed by atoms with E-state index in [0.29, 0.717) is 23.5 Å². The molecule has 0 aromatic carbocycles. The average molecular weight is 250 g/mol. The van der Waals surface area contributed by atoms with Gasteiger partial charge in [0.15, 0.2) is 0 Å². The lowest BCUT2D eigenvalue weighted by Crippen LogP contribution is -2.39. The number of aromatic nitrogens is 2. The van der Waals surface area contributed by atoms with Crippen LogP contribution in [0, 0.1) is 0 Å². The maximum Gasteiger partial charge on any atom is 0.233 e. The Bertz CT molecular complexity index is 318. The minimum atomic E-state index is -0.399. The second-order valence-corrected chi connectivity index (χ2v) is 3.93. The number of ether oxygens (including phenoxy) is 1. The highest BCUT2D eigenvalue weighted by Crippen LogP contribution is 2.17. The van der Waals surface area contributed by atoms with Crippen LogP contribution in [0.3, 0.4) is 0 Å². The zero-order valence-electron chi connectivity index (χ0n) is 8.63. The van der Waals surface area contributed by atoms with Crippen LogP contribution < -0.4 is 10.1 Å². The molecule has 1 N–H and O–H groups in total. The number of nitrogens with zero attached hydrogens (tertiary/aromatic N) is 2. The van der Waals surface area contributed by atoms with E-state index in [2.05, 4.69) is 15.3 Å². The number of rotatable bonds is 5. The maximum atomic E-state index is 5.81. The highest BCUT2D eigenvalue weighted by atomic mass is 35.5. The lowest BCUT2D eigenvalue weighted by Gasteiger charge is -2.26. The van der Waals surface area contributed by atoms with Gasteiger partial charge in [0.2, 0.25) is 5.88 Å². The SMILES string of the molecule is COc1cncc(NC(C)(CCl)CCl)n1. The Labute approximate surface area is 99.0 Å². The van der Waals surface area contributed by atoms with E-state index in [1.807, 2.05) is 6.92 Å². The second kappa shape index (κ2) is 5.37. The molecule has 0 aliphatic heterocycles. The van der Waals surface area contributed by atoms with Crippen molar-refractivity contribution in [2.24, 2.45) is 0 Å². The minimum absolute atomic E-state index is 0.384. The summed E-state index contributed by atoms with van der Waals surface area (Å²) in [5.74, 6) is 1.81. The Hall–Kier alpha value is -0.740. The molecule has 0 radical (unpaired) electrons. The lowest BCUT2D eigenvalue weighted by atomic mass is 10.1. The molecule has 1 aromatic heterocycles. The van der Waals surface area contributed by atoms with Crippen molar-refractivity contribution in [2.45, 2.75) is 12.5 Å². The predicted molar refractivity (Wildman–Crippen MR) is 62.1 cm³/mol. The minimum Gasteiger partial charge on any atom is -0.480 e. The van der Waals surface area contributed by atoms with Gasteiger partial charge in [-0.05, 0) is 6.92 Å². The molecule has 0 saturated heterocycles. The van der Waals surface area contributed by atoms with Crippen LogP contribution in [0.25, 0.3) is 0 Å². The van der Waals surface area contributed by atoms with E-state index in [1.165, 1.54) is 13.3 Å². The largest absolute Gasteiger partial charge is 0.480 e. The fourth-order valence-electron chi connectivity index (χ4n) is 0.918. The summed E-state index contributed by atoms with van der Waals surface area (Å²) in [6.45, 7) is 1.91. The fraction of sp³-hybridized carbons (Fsp3) is 0.556. The van der Waals surface area contributed by atoms with Gasteiger partial charge < -0.3 is 10.1 Å². The molecule has 0 aliphatic rings. The zero-order chi connectivity index (χ0) is 11.3. The molecule has 15 heavy (non-hydrogen) atoms. The molecule has 6 heteroatoms. The van der Waals surface area contributed by atoms with Gasteiger partial charge in [0.05, 0.1) is 25.0 Å². The molecule has 0 unspecified atom stereocenters. The first-order valence-electron chi connectivity index (χ1n) is 4.39. The maximum absolute atomic E-state index is 5.81. The van der Waals surface area contributed by atoms with Crippen molar-refractivity contribution in [2.75, 3.05) is 24.2 Å². The van der Waals surface area contributed by atoms with Gasteiger partial charge in [0.25, 0.3) is 0 Å². The third-order valence-electron chi connectivity index (χ3n) is 1.84. The molecule has 0 saturated carbocycles. The van der Waals surface area contributed by atoms with Crippen LogP contribution in [0.15, 0.2) is 12.4 Å². The van der Waals surface area contributed by atoms with Gasteiger partial charge in [0.1, 0.15) is 5.82 Å². The number of anilines is 1. The smallest absolute Gasteiger partial charge is 0.233 e. The van der Waals surface area contributed by atoms with Crippen molar-refractivity contribution in [3.05, 3.63) is 12.4 Å². The number of nitrogens with one attached hydrogen (secondary N) is 1. The van der Waals surface area contributed by atoms with E-state index in [-0.39, 0.29) is 0 Å². The van der Waals surface area contributed by atoms with Gasteiger partial charge >= 0.3 is 0 Å². The van der Waals surface area contributed by atoms with Crippen molar-refractivity contribution in [1.29, 1.82) is 0 Å². The highest BCUT2D eigenvalue weighted by Gasteiger charge is 2.22. The Kier molecular flexibility index (Phi) is 4.42. The first-order chi connectivity index (χ1) is 7.13. The van der Waals surface area contributed by atoms with E-state index < -0.39 is 5.54 Å². The first-order valence-corrected chi connectivity index (χ1v) is 5.46. The summed E-state index contributed by atoms with van der Waals surface area (Å²) in [5.41, 5.74) is -0.399. The van der Waals surface area contributed by atoms with Crippen LogP contribution in [0.4, 0.5) is 5.82 Å². The molecule has 84 valence electrons. The van der Waals surface area contributed by atoms with Crippen LogP contribution in [-0.2, 0) is 0 Å². The zero-order valence-corrected chi connectivity index (χ0v) is 10.1. The summed E-state index contributed by atoms with van der Waals surface area (Å²) in [6, 6.07) is 0. The molecule has 0 amide bonds. The van der Waals surface area contributed by atoms with E-state index >= 15 is 0 Å². The van der Waals surface area contributed by atoms with Gasteiger partial charge in [-0.15, -0.1) is 23.2 Å². The molecule has 0 bridgehead atoms. The van der Waals surface area contributed by atoms with Crippen LogP contribution in [0.2, 0.25) is 0 Å². The van der Waals surface area contributed by atoms with E-state index in [9.17, 15) is 0 Å². The topological polar surface area (TPSA) is 47.0 Å². The molecule has 1 heterocycles. The lowest BCUT2D eigenvalue weighted by molar-refractivity contribution is 0.396. The molecule has 0 fully saturated rings. The summed E-state index contributed by atoms with van der Waals surface area (Å²) in [7, 11) is 1.54. The Balaban J connectivity index is 2.79. The summed E-state index contributed by atoms with van der Waals surface area (Å²) < 4.78 is 4.96. The average Bonchev–Trinajstić information content (AvgIpc) is 2.29. The summed E-state index contributed by atoms with van der Waals surface area (Å²) >= 11 is 11.6. The highest BCUT2D eigenvalue weighted by molar-refractivity contribution is 6.22. The van der Waals surface area contributed by atoms with Crippen LogP contribution in [0.5, 0.6) is 5.88 Å². The number of hydrogen-bond acceptors (Lipinski definition) is 4. The Morgan fingerprint density at radius 3 is 2.60 bits per heavy atom. The van der Waals surface area contributed by atoms with Crippen molar-refractivity contribution >= 4 is 29.0 Å². The van der Waals surface area contributed by atoms with Crippen LogP contribution >= 0.6 is 23.2 Å². The molecule has 0 atom stereocenters. The van der Waals surface area contributed by atoms with Gasteiger partial charge in [-0.2, -0.15) is 4.98 Å². The first kappa shape index (κ1) is 12.3. The molecule has 1 aromatic rings. The summed E-state index contributed by atoms with van der Waals surface area (Å²) in [6.07, 6.45) is 3.13. The standard InChI is InChI=1S/C9H13Cl2N3O/c1-9(5-10,6-11)14-7-3-12-4-8(13-7)15-2/h3-4H,5-6H2,1-2H3,(H,13,14). The number of hydrogen-bond donors (Lipinski definition) is 1. The second-order valence-electron chi connectivity index (χ2n) is 3.40. The summed E-state index contributed by atoms with van der Waals surface area (Å²) in [5, 5.41) is 3.11. The van der Waals surface area contributed by atoms with Gasteiger partial charge in [-0.1, -0.05) is 0 Å². The number of methoxy groups -OCH3 is 1. The number of alkyl halides is 2. The van der Waals surface area contributed by atoms with Gasteiger partial charge in [0, 0.05) is 11.8 Å². The van der Waals surface area contributed by atoms with Crippen molar-refractivity contribution in [3.8, 4) is 5.88 Å². The van der Waals surface area contributed by atoms with Crippen molar-refractivity contribution in [1.82, 2.24) is 9.97 Å². The molecule has 4 nitrogen and oxygen atoms in total. The fourth-order valence-corrected chi connectivity index (χ4v) is 1.34. The Morgan fingerprint density at radius 1 is 1.40 bits per heavy atom. The number of halogens is 2. The Morgan fingerprint density at radius 2 is 2.07 bits per heavy atom. The molecular formula is C9H13Cl2N3O. The van der Waals surface area contributed by atoms with Crippen LogP contribution in [0.1, 0.15) is 6.92 Å². The van der Waals surface area contributed by atoms with Crippen LogP contribution in [-0.4, -0.2) is 34.4 Å². The van der Waals surface area contributed by atoms with E-state index in [1.54, 1.807) is 6.20 Å². The molecule has 0 spiro atoms.